The molecule has 0 saturated heterocycles. The van der Waals surface area contributed by atoms with Gasteiger partial charge in [0.25, 0.3) is 5.91 Å². The zero-order valence-electron chi connectivity index (χ0n) is 13.5. The Bertz CT molecular complexity index is 674. The molecule has 1 heterocycles. The van der Waals surface area contributed by atoms with Crippen LogP contribution in [-0.4, -0.2) is 43.0 Å². The molecule has 0 fully saturated rings. The number of likely N-dealkylation sites (N-methyl/N-ethyl adjacent to an activating group) is 1. The van der Waals surface area contributed by atoms with E-state index in [9.17, 15) is 9.59 Å². The van der Waals surface area contributed by atoms with Gasteiger partial charge in [-0.25, -0.2) is 0 Å². The van der Waals surface area contributed by atoms with E-state index < -0.39 is 6.04 Å². The second-order valence-electron chi connectivity index (χ2n) is 5.23. The fraction of sp³-hybridized carbons (Fsp3) is 0.294. The van der Waals surface area contributed by atoms with E-state index in [1.807, 2.05) is 5.38 Å². The largest absolute Gasteiger partial charge is 0.492 e. The fourth-order valence-corrected chi connectivity index (χ4v) is 2.76. The van der Waals surface area contributed by atoms with Crippen LogP contribution in [0.25, 0.3) is 0 Å². The summed E-state index contributed by atoms with van der Waals surface area (Å²) in [4.78, 5) is 26.4. The van der Waals surface area contributed by atoms with Gasteiger partial charge in [0.1, 0.15) is 18.4 Å². The van der Waals surface area contributed by atoms with Gasteiger partial charge in [0.15, 0.2) is 0 Å². The summed E-state index contributed by atoms with van der Waals surface area (Å²) in [5, 5.41) is 5.17. The Labute approximate surface area is 150 Å². The molecule has 0 aliphatic heterocycles. The standard InChI is InChI=1S/C17H19ClN2O3S/c1-12(19-16(21)15-4-3-11-24-15)17(22)20(2)9-10-23-14-7-5-13(18)6-8-14/h3-8,11-12H,9-10H2,1-2H3,(H,19,21)/t12-/m1/s1. The average molecular weight is 367 g/mol. The van der Waals surface area contributed by atoms with Crippen molar-refractivity contribution in [2.24, 2.45) is 0 Å². The van der Waals surface area contributed by atoms with E-state index in [2.05, 4.69) is 5.32 Å². The smallest absolute Gasteiger partial charge is 0.261 e. The predicted octanol–water partition coefficient (Wildman–Crippen LogP) is 3.06. The number of benzene rings is 1. The van der Waals surface area contributed by atoms with Crippen molar-refractivity contribution in [2.45, 2.75) is 13.0 Å². The van der Waals surface area contributed by atoms with Gasteiger partial charge < -0.3 is 15.0 Å². The summed E-state index contributed by atoms with van der Waals surface area (Å²) < 4.78 is 5.56. The van der Waals surface area contributed by atoms with Crippen LogP contribution in [0.3, 0.4) is 0 Å². The van der Waals surface area contributed by atoms with E-state index in [0.29, 0.717) is 28.8 Å². The van der Waals surface area contributed by atoms with Crippen molar-refractivity contribution >= 4 is 34.8 Å². The highest BCUT2D eigenvalue weighted by atomic mass is 35.5. The van der Waals surface area contributed by atoms with Crippen LogP contribution in [0, 0.1) is 0 Å². The Morgan fingerprint density at radius 3 is 2.62 bits per heavy atom. The van der Waals surface area contributed by atoms with E-state index in [-0.39, 0.29) is 11.8 Å². The SMILES string of the molecule is C[C@@H](NC(=O)c1cccs1)C(=O)N(C)CCOc1ccc(Cl)cc1. The van der Waals surface area contributed by atoms with Crippen LogP contribution in [0.1, 0.15) is 16.6 Å². The molecule has 0 radical (unpaired) electrons. The van der Waals surface area contributed by atoms with Gasteiger partial charge in [0.2, 0.25) is 5.91 Å². The number of nitrogens with one attached hydrogen (secondary N) is 1. The maximum Gasteiger partial charge on any atom is 0.261 e. The van der Waals surface area contributed by atoms with Crippen molar-refractivity contribution < 1.29 is 14.3 Å². The van der Waals surface area contributed by atoms with Crippen molar-refractivity contribution in [3.8, 4) is 5.75 Å². The Kier molecular flexibility index (Phi) is 6.63. The third-order valence-corrected chi connectivity index (χ3v) is 4.47. The Hall–Kier alpha value is -2.05. The molecule has 1 aromatic carbocycles. The van der Waals surface area contributed by atoms with Gasteiger partial charge in [-0.2, -0.15) is 0 Å². The first-order chi connectivity index (χ1) is 11.5. The summed E-state index contributed by atoms with van der Waals surface area (Å²) in [6.45, 7) is 2.44. The number of halogens is 1. The number of rotatable bonds is 7. The van der Waals surface area contributed by atoms with Gasteiger partial charge in [-0.15, -0.1) is 11.3 Å². The van der Waals surface area contributed by atoms with Crippen molar-refractivity contribution in [1.82, 2.24) is 10.2 Å². The van der Waals surface area contributed by atoms with E-state index in [4.69, 9.17) is 16.3 Å². The summed E-state index contributed by atoms with van der Waals surface area (Å²) in [5.41, 5.74) is 0. The lowest BCUT2D eigenvalue weighted by Crippen LogP contribution is -2.46. The number of ether oxygens (including phenoxy) is 1. The van der Waals surface area contributed by atoms with Crippen molar-refractivity contribution in [2.75, 3.05) is 20.2 Å². The van der Waals surface area contributed by atoms with Crippen molar-refractivity contribution in [1.29, 1.82) is 0 Å². The summed E-state index contributed by atoms with van der Waals surface area (Å²) in [7, 11) is 1.68. The minimum atomic E-state index is -0.597. The van der Waals surface area contributed by atoms with Gasteiger partial charge in [-0.1, -0.05) is 17.7 Å². The van der Waals surface area contributed by atoms with Gasteiger partial charge in [0.05, 0.1) is 11.4 Å². The molecule has 2 rings (SSSR count). The normalized spacial score (nSPS) is 11.6. The van der Waals surface area contributed by atoms with Crippen molar-refractivity contribution in [3.63, 3.8) is 0 Å². The number of hydrogen-bond donors (Lipinski definition) is 1. The molecule has 128 valence electrons. The molecular formula is C17H19ClN2O3S. The Balaban J connectivity index is 1.76. The van der Waals surface area contributed by atoms with Crippen LogP contribution in [0.5, 0.6) is 5.75 Å². The first-order valence-electron chi connectivity index (χ1n) is 7.45. The lowest BCUT2D eigenvalue weighted by atomic mass is 10.2. The molecule has 2 amide bonds. The molecule has 0 saturated carbocycles. The monoisotopic (exact) mass is 366 g/mol. The molecule has 0 aliphatic carbocycles. The number of hydrogen-bond acceptors (Lipinski definition) is 4. The molecule has 0 aliphatic rings. The lowest BCUT2D eigenvalue weighted by molar-refractivity contribution is -0.131. The second kappa shape index (κ2) is 8.70. The van der Waals surface area contributed by atoms with Crippen LogP contribution in [0.15, 0.2) is 41.8 Å². The fourth-order valence-electron chi connectivity index (χ4n) is 2.01. The minimum absolute atomic E-state index is 0.167. The highest BCUT2D eigenvalue weighted by Gasteiger charge is 2.20. The van der Waals surface area contributed by atoms with Gasteiger partial charge in [-0.3, -0.25) is 9.59 Å². The molecular weight excluding hydrogens is 348 g/mol. The molecule has 1 N–H and O–H groups in total. The van der Waals surface area contributed by atoms with Gasteiger partial charge >= 0.3 is 0 Å². The second-order valence-corrected chi connectivity index (χ2v) is 6.62. The maximum absolute atomic E-state index is 12.3. The predicted molar refractivity (Wildman–Crippen MR) is 95.8 cm³/mol. The highest BCUT2D eigenvalue weighted by molar-refractivity contribution is 7.12. The minimum Gasteiger partial charge on any atom is -0.492 e. The van der Waals surface area contributed by atoms with Crippen LogP contribution in [0.4, 0.5) is 0 Å². The highest BCUT2D eigenvalue weighted by Crippen LogP contribution is 2.15. The van der Waals surface area contributed by atoms with E-state index >= 15 is 0 Å². The summed E-state index contributed by atoms with van der Waals surface area (Å²) in [5.74, 6) is 0.288. The first-order valence-corrected chi connectivity index (χ1v) is 8.71. The topological polar surface area (TPSA) is 58.6 Å². The molecule has 0 spiro atoms. The molecule has 2 aromatic rings. The van der Waals surface area contributed by atoms with E-state index in [0.717, 1.165) is 0 Å². The van der Waals surface area contributed by atoms with Crippen LogP contribution >= 0.6 is 22.9 Å². The molecule has 7 heteroatoms. The number of nitrogens with zero attached hydrogens (tertiary/aromatic N) is 1. The summed E-state index contributed by atoms with van der Waals surface area (Å²) >= 11 is 7.15. The lowest BCUT2D eigenvalue weighted by Gasteiger charge is -2.22. The first kappa shape index (κ1) is 18.3. The molecule has 24 heavy (non-hydrogen) atoms. The van der Waals surface area contributed by atoms with Gasteiger partial charge in [0, 0.05) is 12.1 Å². The van der Waals surface area contributed by atoms with E-state index in [1.165, 1.54) is 16.2 Å². The zero-order chi connectivity index (χ0) is 17.5. The van der Waals surface area contributed by atoms with Crippen LogP contribution < -0.4 is 10.1 Å². The quantitative estimate of drug-likeness (QED) is 0.819. The van der Waals surface area contributed by atoms with Crippen molar-refractivity contribution in [3.05, 3.63) is 51.7 Å². The maximum atomic E-state index is 12.3. The van der Waals surface area contributed by atoms with Crippen LogP contribution in [0.2, 0.25) is 5.02 Å². The van der Waals surface area contributed by atoms with E-state index in [1.54, 1.807) is 50.4 Å². The average Bonchev–Trinajstić information content (AvgIpc) is 3.10. The van der Waals surface area contributed by atoms with Gasteiger partial charge in [-0.05, 0) is 42.6 Å². The zero-order valence-corrected chi connectivity index (χ0v) is 15.1. The molecule has 1 aromatic heterocycles. The molecule has 5 nitrogen and oxygen atoms in total. The molecule has 1 atom stereocenters. The Morgan fingerprint density at radius 1 is 1.29 bits per heavy atom. The Morgan fingerprint density at radius 2 is 2.00 bits per heavy atom. The number of amides is 2. The number of carbonyl (C=O) groups is 2. The molecule has 0 bridgehead atoms. The summed E-state index contributed by atoms with van der Waals surface area (Å²) in [6, 6.07) is 9.96. The number of carbonyl (C=O) groups excluding carboxylic acids is 2. The molecule has 0 unspecified atom stereocenters. The third-order valence-electron chi connectivity index (χ3n) is 3.35. The third kappa shape index (κ3) is 5.25. The number of thiophene rings is 1. The summed E-state index contributed by atoms with van der Waals surface area (Å²) in [6.07, 6.45) is 0. The van der Waals surface area contributed by atoms with Crippen LogP contribution in [-0.2, 0) is 4.79 Å².